The van der Waals surface area contributed by atoms with Gasteiger partial charge >= 0.3 is 0 Å². The summed E-state index contributed by atoms with van der Waals surface area (Å²) in [5, 5.41) is 0. The van der Waals surface area contributed by atoms with Gasteiger partial charge < -0.3 is 15.2 Å². The minimum Gasteiger partial charge on any atom is -0.497 e. The van der Waals surface area contributed by atoms with Crippen molar-refractivity contribution in [1.29, 1.82) is 0 Å². The van der Waals surface area contributed by atoms with E-state index in [0.29, 0.717) is 6.54 Å². The van der Waals surface area contributed by atoms with Crippen molar-refractivity contribution in [3.63, 3.8) is 0 Å². The van der Waals surface area contributed by atoms with Gasteiger partial charge in [-0.3, -0.25) is 4.90 Å². The molecule has 106 valence electrons. The highest BCUT2D eigenvalue weighted by Crippen LogP contribution is 2.35. The van der Waals surface area contributed by atoms with Gasteiger partial charge in [-0.2, -0.15) is 0 Å². The first kappa shape index (κ1) is 14.8. The highest BCUT2D eigenvalue weighted by Gasteiger charge is 2.33. The van der Waals surface area contributed by atoms with Crippen LogP contribution < -0.4 is 10.5 Å². The van der Waals surface area contributed by atoms with Crippen LogP contribution in [0.5, 0.6) is 5.75 Å². The molecule has 1 saturated heterocycles. The van der Waals surface area contributed by atoms with E-state index in [-0.39, 0.29) is 12.1 Å². The molecule has 1 fully saturated rings. The molecule has 0 aliphatic carbocycles. The molecule has 4 nitrogen and oxygen atoms in total. The molecule has 0 aromatic heterocycles. The van der Waals surface area contributed by atoms with Crippen molar-refractivity contribution in [2.45, 2.75) is 19.1 Å². The van der Waals surface area contributed by atoms with Crippen molar-refractivity contribution in [2.24, 2.45) is 5.73 Å². The fourth-order valence-corrected chi connectivity index (χ4v) is 3.09. The van der Waals surface area contributed by atoms with Crippen molar-refractivity contribution in [3.05, 3.63) is 28.2 Å². The van der Waals surface area contributed by atoms with Crippen LogP contribution in [-0.4, -0.2) is 44.4 Å². The largest absolute Gasteiger partial charge is 0.497 e. The van der Waals surface area contributed by atoms with Gasteiger partial charge in [-0.1, -0.05) is 22.9 Å². The lowest BCUT2D eigenvalue weighted by Gasteiger charge is -2.41. The summed E-state index contributed by atoms with van der Waals surface area (Å²) in [5.74, 6) is 0.857. The van der Waals surface area contributed by atoms with Crippen molar-refractivity contribution in [1.82, 2.24) is 4.90 Å². The van der Waals surface area contributed by atoms with E-state index >= 15 is 0 Å². The molecular weight excluding hydrogens is 308 g/mol. The third-order valence-electron chi connectivity index (χ3n) is 3.62. The summed E-state index contributed by atoms with van der Waals surface area (Å²) in [6.07, 6.45) is 0.0251. The summed E-state index contributed by atoms with van der Waals surface area (Å²) in [6.45, 7) is 5.34. The first-order valence-corrected chi connectivity index (χ1v) is 7.39. The fraction of sp³-hybridized carbons (Fsp3) is 0.571. The van der Waals surface area contributed by atoms with E-state index in [0.717, 1.165) is 29.9 Å². The SMILES string of the molecule is CCN1CCOC(CN)C1c1cc(OC)ccc1Br. The number of hydrogen-bond donors (Lipinski definition) is 1. The van der Waals surface area contributed by atoms with Gasteiger partial charge in [0.05, 0.1) is 25.9 Å². The van der Waals surface area contributed by atoms with E-state index < -0.39 is 0 Å². The fourth-order valence-electron chi connectivity index (χ4n) is 2.61. The second-order valence-corrected chi connectivity index (χ2v) is 5.46. The normalized spacial score (nSPS) is 24.4. The molecule has 1 aliphatic rings. The lowest BCUT2D eigenvalue weighted by atomic mass is 9.97. The highest BCUT2D eigenvalue weighted by atomic mass is 79.9. The Labute approximate surface area is 123 Å². The third-order valence-corrected chi connectivity index (χ3v) is 4.34. The number of hydrogen-bond acceptors (Lipinski definition) is 4. The molecule has 2 rings (SSSR count). The molecule has 5 heteroatoms. The number of likely N-dealkylation sites (N-methyl/N-ethyl adjacent to an activating group) is 1. The Morgan fingerprint density at radius 1 is 1.53 bits per heavy atom. The Kier molecular flexibility index (Phi) is 5.21. The van der Waals surface area contributed by atoms with Crippen LogP contribution >= 0.6 is 15.9 Å². The number of ether oxygens (including phenoxy) is 2. The van der Waals surface area contributed by atoms with Crippen molar-refractivity contribution in [3.8, 4) is 5.75 Å². The minimum absolute atomic E-state index is 0.0251. The smallest absolute Gasteiger partial charge is 0.119 e. The van der Waals surface area contributed by atoms with Gasteiger partial charge in [0.15, 0.2) is 0 Å². The van der Waals surface area contributed by atoms with Crippen molar-refractivity contribution in [2.75, 3.05) is 33.4 Å². The lowest BCUT2D eigenvalue weighted by molar-refractivity contribution is -0.0660. The first-order valence-electron chi connectivity index (χ1n) is 6.60. The molecule has 0 spiro atoms. The number of nitrogens with zero attached hydrogens (tertiary/aromatic N) is 1. The van der Waals surface area contributed by atoms with Crippen LogP contribution in [0.1, 0.15) is 18.5 Å². The predicted octanol–water partition coefficient (Wildman–Crippen LogP) is 2.18. The molecule has 2 N–H and O–H groups in total. The predicted molar refractivity (Wildman–Crippen MR) is 79.5 cm³/mol. The summed E-state index contributed by atoms with van der Waals surface area (Å²) in [6, 6.07) is 6.21. The van der Waals surface area contributed by atoms with Crippen LogP contribution in [0.15, 0.2) is 22.7 Å². The molecule has 0 saturated carbocycles. The average molecular weight is 329 g/mol. The van der Waals surface area contributed by atoms with Crippen molar-refractivity contribution < 1.29 is 9.47 Å². The molecule has 1 aromatic carbocycles. The van der Waals surface area contributed by atoms with E-state index in [9.17, 15) is 0 Å². The maximum atomic E-state index is 5.87. The van der Waals surface area contributed by atoms with Crippen LogP contribution in [0.2, 0.25) is 0 Å². The molecule has 1 heterocycles. The zero-order valence-corrected chi connectivity index (χ0v) is 13.0. The van der Waals surface area contributed by atoms with E-state index in [2.05, 4.69) is 33.8 Å². The topological polar surface area (TPSA) is 47.7 Å². The van der Waals surface area contributed by atoms with Gasteiger partial charge in [-0.15, -0.1) is 0 Å². The lowest BCUT2D eigenvalue weighted by Crippen LogP contribution is -2.48. The standard InChI is InChI=1S/C14H21BrN2O2/c1-3-17-6-7-19-13(9-16)14(17)11-8-10(18-2)4-5-12(11)15/h4-5,8,13-14H,3,6-7,9,16H2,1-2H3. The molecule has 1 aliphatic heterocycles. The second kappa shape index (κ2) is 6.70. The molecular formula is C14H21BrN2O2. The third kappa shape index (κ3) is 3.11. The quantitative estimate of drug-likeness (QED) is 0.920. The van der Waals surface area contributed by atoms with Gasteiger partial charge in [-0.05, 0) is 30.3 Å². The molecule has 19 heavy (non-hydrogen) atoms. The number of methoxy groups -OCH3 is 1. The van der Waals surface area contributed by atoms with Crippen LogP contribution in [0, 0.1) is 0 Å². The molecule has 0 radical (unpaired) electrons. The highest BCUT2D eigenvalue weighted by molar-refractivity contribution is 9.10. The zero-order chi connectivity index (χ0) is 13.8. The second-order valence-electron chi connectivity index (χ2n) is 4.61. The zero-order valence-electron chi connectivity index (χ0n) is 11.4. The molecule has 2 atom stereocenters. The van der Waals surface area contributed by atoms with E-state index in [1.54, 1.807) is 7.11 Å². The monoisotopic (exact) mass is 328 g/mol. The van der Waals surface area contributed by atoms with Gasteiger partial charge in [-0.25, -0.2) is 0 Å². The summed E-state index contributed by atoms with van der Waals surface area (Å²) >= 11 is 3.63. The Morgan fingerprint density at radius 3 is 2.95 bits per heavy atom. The maximum Gasteiger partial charge on any atom is 0.119 e. The van der Waals surface area contributed by atoms with Gasteiger partial charge in [0.2, 0.25) is 0 Å². The van der Waals surface area contributed by atoms with Gasteiger partial charge in [0.1, 0.15) is 5.75 Å². The first-order chi connectivity index (χ1) is 9.21. The number of halogens is 1. The van der Waals surface area contributed by atoms with E-state index in [1.165, 1.54) is 5.56 Å². The van der Waals surface area contributed by atoms with E-state index in [4.69, 9.17) is 15.2 Å². The Morgan fingerprint density at radius 2 is 2.32 bits per heavy atom. The maximum absolute atomic E-state index is 5.87. The molecule has 2 unspecified atom stereocenters. The summed E-state index contributed by atoms with van der Waals surface area (Å²) in [4.78, 5) is 2.40. The summed E-state index contributed by atoms with van der Waals surface area (Å²) in [7, 11) is 1.68. The Balaban J connectivity index is 2.39. The van der Waals surface area contributed by atoms with Crippen LogP contribution in [0.4, 0.5) is 0 Å². The van der Waals surface area contributed by atoms with Crippen LogP contribution in [0.3, 0.4) is 0 Å². The number of nitrogens with two attached hydrogens (primary N) is 1. The number of rotatable bonds is 4. The molecule has 0 bridgehead atoms. The number of morpholine rings is 1. The summed E-state index contributed by atoms with van der Waals surface area (Å²) < 4.78 is 12.2. The molecule has 1 aromatic rings. The van der Waals surface area contributed by atoms with Gasteiger partial charge in [0, 0.05) is 17.6 Å². The average Bonchev–Trinajstić information content (AvgIpc) is 2.47. The van der Waals surface area contributed by atoms with E-state index in [1.807, 2.05) is 12.1 Å². The molecule has 0 amide bonds. The Bertz CT molecular complexity index is 416. The van der Waals surface area contributed by atoms with Gasteiger partial charge in [0.25, 0.3) is 0 Å². The van der Waals surface area contributed by atoms with Crippen LogP contribution in [0.25, 0.3) is 0 Å². The summed E-state index contributed by atoms with van der Waals surface area (Å²) in [5.41, 5.74) is 7.05. The van der Waals surface area contributed by atoms with Crippen molar-refractivity contribution >= 4 is 15.9 Å². The minimum atomic E-state index is 0.0251. The Hall–Kier alpha value is -0.620. The van der Waals surface area contributed by atoms with Crippen LogP contribution in [-0.2, 0) is 4.74 Å². The number of benzene rings is 1.